The van der Waals surface area contributed by atoms with Gasteiger partial charge in [-0.1, -0.05) is 12.1 Å². The summed E-state index contributed by atoms with van der Waals surface area (Å²) in [6.07, 6.45) is 1.38. The number of nitro benzene ring substituents is 1. The molecule has 0 saturated heterocycles. The molecule has 3 aromatic rings. The zero-order valence-electron chi connectivity index (χ0n) is 13.2. The molecule has 2 aromatic carbocycles. The van der Waals surface area contributed by atoms with Gasteiger partial charge >= 0.3 is 5.69 Å². The molecule has 0 aliphatic carbocycles. The van der Waals surface area contributed by atoms with Gasteiger partial charge in [0, 0.05) is 6.20 Å². The van der Waals surface area contributed by atoms with Crippen LogP contribution in [0.1, 0.15) is 0 Å². The third-order valence-electron chi connectivity index (χ3n) is 4.03. The second-order valence-corrected chi connectivity index (χ2v) is 5.67. The van der Waals surface area contributed by atoms with Gasteiger partial charge in [-0.3, -0.25) is 15.1 Å². The number of aromatic nitrogens is 1. The number of pyridine rings is 1. The van der Waals surface area contributed by atoms with Gasteiger partial charge in [0.25, 0.3) is 0 Å². The van der Waals surface area contributed by atoms with Crippen LogP contribution in [0.2, 0.25) is 0 Å². The van der Waals surface area contributed by atoms with E-state index >= 15 is 0 Å². The molecule has 1 N–H and O–H groups in total. The number of rotatable bonds is 4. The van der Waals surface area contributed by atoms with E-state index in [4.69, 9.17) is 9.47 Å². The minimum atomic E-state index is -0.389. The van der Waals surface area contributed by atoms with Crippen LogP contribution in [-0.4, -0.2) is 29.2 Å². The maximum absolute atomic E-state index is 11.5. The molecule has 25 heavy (non-hydrogen) atoms. The highest BCUT2D eigenvalue weighted by Crippen LogP contribution is 2.34. The number of para-hydroxylation sites is 2. The Balaban J connectivity index is 1.56. The van der Waals surface area contributed by atoms with E-state index in [0.29, 0.717) is 41.2 Å². The first-order valence-corrected chi connectivity index (χ1v) is 7.87. The summed E-state index contributed by atoms with van der Waals surface area (Å²) in [4.78, 5) is 15.3. The van der Waals surface area contributed by atoms with Crippen molar-refractivity contribution >= 4 is 22.3 Å². The Morgan fingerprint density at radius 3 is 2.84 bits per heavy atom. The highest BCUT2D eigenvalue weighted by atomic mass is 16.6. The average molecular weight is 337 g/mol. The van der Waals surface area contributed by atoms with E-state index in [2.05, 4.69) is 10.3 Å². The van der Waals surface area contributed by atoms with Crippen molar-refractivity contribution < 1.29 is 14.4 Å². The molecule has 1 atom stereocenters. The largest absolute Gasteiger partial charge is 0.486 e. The second kappa shape index (κ2) is 6.27. The molecular formula is C18H15N3O4. The fourth-order valence-electron chi connectivity index (χ4n) is 2.86. The Morgan fingerprint density at radius 1 is 1.16 bits per heavy atom. The minimum absolute atomic E-state index is 0.0164. The lowest BCUT2D eigenvalue weighted by Crippen LogP contribution is -2.35. The molecule has 0 saturated carbocycles. The number of nitrogens with zero attached hydrogens (tertiary/aromatic N) is 2. The highest BCUT2D eigenvalue weighted by Gasteiger charge is 2.23. The molecule has 1 aromatic heterocycles. The lowest BCUT2D eigenvalue weighted by molar-refractivity contribution is -0.382. The molecule has 0 unspecified atom stereocenters. The van der Waals surface area contributed by atoms with Gasteiger partial charge in [-0.05, 0) is 36.4 Å². The number of anilines is 1. The Kier molecular flexibility index (Phi) is 3.81. The van der Waals surface area contributed by atoms with Crippen LogP contribution in [0.3, 0.4) is 0 Å². The summed E-state index contributed by atoms with van der Waals surface area (Å²) in [5.74, 6) is 1.39. The molecule has 0 radical (unpaired) electrons. The van der Waals surface area contributed by atoms with Gasteiger partial charge in [-0.25, -0.2) is 0 Å². The Morgan fingerprint density at radius 2 is 2.00 bits per heavy atom. The van der Waals surface area contributed by atoms with Crippen molar-refractivity contribution in [3.63, 3.8) is 0 Å². The molecule has 7 nitrogen and oxygen atoms in total. The zero-order valence-corrected chi connectivity index (χ0v) is 13.2. The van der Waals surface area contributed by atoms with E-state index in [1.807, 2.05) is 24.3 Å². The van der Waals surface area contributed by atoms with Gasteiger partial charge in [0.15, 0.2) is 11.5 Å². The van der Waals surface area contributed by atoms with Crippen molar-refractivity contribution in [2.45, 2.75) is 6.10 Å². The standard InChI is InChI=1S/C18H15N3O4/c22-21(23)18-13-4-3-9-19-14(13)7-8-15(18)20-10-12-11-24-16-5-1-2-6-17(16)25-12/h1-9,12,20H,10-11H2/t12-/m0/s1. The third kappa shape index (κ3) is 2.91. The number of nitro groups is 1. The molecule has 1 aliphatic rings. The SMILES string of the molecule is O=[N+]([O-])c1c(NC[C@H]2COc3ccccc3O2)ccc2ncccc12. The summed E-state index contributed by atoms with van der Waals surface area (Å²) < 4.78 is 11.5. The van der Waals surface area contributed by atoms with E-state index in [9.17, 15) is 10.1 Å². The molecule has 2 heterocycles. The molecule has 0 bridgehead atoms. The molecule has 126 valence electrons. The van der Waals surface area contributed by atoms with E-state index in [0.717, 1.165) is 0 Å². The smallest absolute Gasteiger partial charge is 0.301 e. The van der Waals surface area contributed by atoms with E-state index in [-0.39, 0.29) is 16.7 Å². The van der Waals surface area contributed by atoms with Crippen LogP contribution in [0.5, 0.6) is 11.5 Å². The number of ether oxygens (including phenoxy) is 2. The van der Waals surface area contributed by atoms with Crippen molar-refractivity contribution in [3.05, 3.63) is 64.8 Å². The fraction of sp³-hybridized carbons (Fsp3) is 0.167. The summed E-state index contributed by atoms with van der Waals surface area (Å²) in [7, 11) is 0. The van der Waals surface area contributed by atoms with Crippen LogP contribution >= 0.6 is 0 Å². The summed E-state index contributed by atoms with van der Waals surface area (Å²) in [5.41, 5.74) is 1.04. The number of nitrogens with one attached hydrogen (secondary N) is 1. The molecule has 0 amide bonds. The van der Waals surface area contributed by atoms with E-state index < -0.39 is 0 Å². The van der Waals surface area contributed by atoms with Crippen LogP contribution in [0.15, 0.2) is 54.7 Å². The quantitative estimate of drug-likeness (QED) is 0.580. The van der Waals surface area contributed by atoms with Crippen LogP contribution in [0.4, 0.5) is 11.4 Å². The van der Waals surface area contributed by atoms with Gasteiger partial charge in [0.2, 0.25) is 0 Å². The summed E-state index contributed by atoms with van der Waals surface area (Å²) in [6.45, 7) is 0.772. The highest BCUT2D eigenvalue weighted by molar-refractivity contribution is 5.94. The molecule has 7 heteroatoms. The Bertz CT molecular complexity index is 945. The zero-order chi connectivity index (χ0) is 17.2. The molecule has 0 fully saturated rings. The molecule has 4 rings (SSSR count). The number of benzene rings is 2. The van der Waals surface area contributed by atoms with Crippen LogP contribution < -0.4 is 14.8 Å². The van der Waals surface area contributed by atoms with E-state index in [1.54, 1.807) is 30.5 Å². The number of hydrogen-bond donors (Lipinski definition) is 1. The van der Waals surface area contributed by atoms with Crippen molar-refractivity contribution in [3.8, 4) is 11.5 Å². The summed E-state index contributed by atoms with van der Waals surface area (Å²) in [6, 6.07) is 14.3. The van der Waals surface area contributed by atoms with Crippen LogP contribution in [0.25, 0.3) is 10.9 Å². The monoisotopic (exact) mass is 337 g/mol. The maximum Gasteiger partial charge on any atom is 0.301 e. The number of fused-ring (bicyclic) bond motifs is 2. The Labute approximate surface area is 143 Å². The first-order valence-electron chi connectivity index (χ1n) is 7.87. The van der Waals surface area contributed by atoms with Gasteiger partial charge in [-0.15, -0.1) is 0 Å². The molecule has 1 aliphatic heterocycles. The van der Waals surface area contributed by atoms with Gasteiger partial charge < -0.3 is 14.8 Å². The van der Waals surface area contributed by atoms with Gasteiger partial charge in [0.1, 0.15) is 18.4 Å². The topological polar surface area (TPSA) is 86.5 Å². The van der Waals surface area contributed by atoms with Gasteiger partial charge in [-0.2, -0.15) is 0 Å². The van der Waals surface area contributed by atoms with Crippen LogP contribution in [0, 0.1) is 10.1 Å². The first kappa shape index (κ1) is 15.2. The predicted molar refractivity (Wildman–Crippen MR) is 93.2 cm³/mol. The number of hydrogen-bond acceptors (Lipinski definition) is 6. The lowest BCUT2D eigenvalue weighted by Gasteiger charge is -2.26. The van der Waals surface area contributed by atoms with Crippen molar-refractivity contribution in [1.29, 1.82) is 0 Å². The fourth-order valence-corrected chi connectivity index (χ4v) is 2.86. The third-order valence-corrected chi connectivity index (χ3v) is 4.03. The molecular weight excluding hydrogens is 322 g/mol. The predicted octanol–water partition coefficient (Wildman–Crippen LogP) is 3.39. The first-order chi connectivity index (χ1) is 12.2. The summed E-state index contributed by atoms with van der Waals surface area (Å²) >= 11 is 0. The summed E-state index contributed by atoms with van der Waals surface area (Å²) in [5, 5.41) is 15.1. The second-order valence-electron chi connectivity index (χ2n) is 5.67. The minimum Gasteiger partial charge on any atom is -0.486 e. The molecule has 0 spiro atoms. The normalized spacial score (nSPS) is 15.8. The van der Waals surface area contributed by atoms with E-state index in [1.165, 1.54) is 0 Å². The van der Waals surface area contributed by atoms with Crippen molar-refractivity contribution in [2.75, 3.05) is 18.5 Å². The van der Waals surface area contributed by atoms with Gasteiger partial charge in [0.05, 0.1) is 22.4 Å². The van der Waals surface area contributed by atoms with Crippen LogP contribution in [-0.2, 0) is 0 Å². The van der Waals surface area contributed by atoms with Crippen molar-refractivity contribution in [1.82, 2.24) is 4.98 Å². The maximum atomic E-state index is 11.5. The Hall–Kier alpha value is -3.35. The average Bonchev–Trinajstić information content (AvgIpc) is 2.65. The van der Waals surface area contributed by atoms with Crippen molar-refractivity contribution in [2.24, 2.45) is 0 Å². The lowest BCUT2D eigenvalue weighted by atomic mass is 10.1.